The van der Waals surface area contributed by atoms with E-state index in [-0.39, 0.29) is 5.91 Å². The Morgan fingerprint density at radius 2 is 1.88 bits per heavy atom. The number of rotatable bonds is 2. The predicted molar refractivity (Wildman–Crippen MR) is 93.0 cm³/mol. The van der Waals surface area contributed by atoms with Crippen molar-refractivity contribution in [2.45, 2.75) is 13.8 Å². The molecule has 0 bridgehead atoms. The highest BCUT2D eigenvalue weighted by atomic mass is 16.2. The fourth-order valence-corrected chi connectivity index (χ4v) is 2.91. The van der Waals surface area contributed by atoms with Gasteiger partial charge in [0.05, 0.1) is 5.56 Å². The fraction of sp³-hybridized carbons (Fsp3) is 0.316. The van der Waals surface area contributed by atoms with Crippen molar-refractivity contribution in [3.8, 4) is 6.07 Å². The number of aromatic nitrogens is 1. The van der Waals surface area contributed by atoms with Gasteiger partial charge in [0.1, 0.15) is 11.9 Å². The predicted octanol–water partition coefficient (Wildman–Crippen LogP) is 2.53. The third-order valence-corrected chi connectivity index (χ3v) is 4.53. The summed E-state index contributed by atoms with van der Waals surface area (Å²) in [4.78, 5) is 20.9. The summed E-state index contributed by atoms with van der Waals surface area (Å²) in [6.07, 6.45) is 1.70. The second kappa shape index (κ2) is 6.71. The van der Waals surface area contributed by atoms with Crippen LogP contribution in [0.2, 0.25) is 0 Å². The Hall–Kier alpha value is -2.87. The van der Waals surface area contributed by atoms with Gasteiger partial charge in [-0.15, -0.1) is 0 Å². The molecule has 5 nitrogen and oxygen atoms in total. The van der Waals surface area contributed by atoms with E-state index in [2.05, 4.69) is 16.0 Å². The molecule has 1 aliphatic rings. The standard InChI is InChI=1S/C19H20N4O/c1-14-5-6-16(12-15(14)2)19(24)23-10-8-22(9-11-23)18-17(13-20)4-3-7-21-18/h3-7,12H,8-11H2,1-2H3. The number of pyridine rings is 1. The number of benzene rings is 1. The molecule has 0 N–H and O–H groups in total. The van der Waals surface area contributed by atoms with Gasteiger partial charge in [-0.25, -0.2) is 4.98 Å². The molecule has 1 aliphatic heterocycles. The number of anilines is 1. The quantitative estimate of drug-likeness (QED) is 0.853. The number of hydrogen-bond donors (Lipinski definition) is 0. The largest absolute Gasteiger partial charge is 0.352 e. The van der Waals surface area contributed by atoms with Gasteiger partial charge in [0, 0.05) is 37.9 Å². The van der Waals surface area contributed by atoms with E-state index in [0.717, 1.165) is 11.1 Å². The molecule has 0 radical (unpaired) electrons. The Bertz CT molecular complexity index is 801. The van der Waals surface area contributed by atoms with Crippen molar-refractivity contribution in [2.75, 3.05) is 31.1 Å². The lowest BCUT2D eigenvalue weighted by molar-refractivity contribution is 0.0746. The lowest BCUT2D eigenvalue weighted by Gasteiger charge is -2.35. The number of piperazine rings is 1. The molecule has 1 aromatic carbocycles. The zero-order valence-electron chi connectivity index (χ0n) is 14.0. The maximum Gasteiger partial charge on any atom is 0.253 e. The maximum atomic E-state index is 12.7. The van der Waals surface area contributed by atoms with Gasteiger partial charge in [0.2, 0.25) is 0 Å². The first-order chi connectivity index (χ1) is 11.6. The molecule has 24 heavy (non-hydrogen) atoms. The summed E-state index contributed by atoms with van der Waals surface area (Å²) in [5.74, 6) is 0.776. The van der Waals surface area contributed by atoms with Crippen molar-refractivity contribution < 1.29 is 4.79 Å². The average Bonchev–Trinajstić information content (AvgIpc) is 2.63. The van der Waals surface area contributed by atoms with Crippen LogP contribution >= 0.6 is 0 Å². The van der Waals surface area contributed by atoms with E-state index >= 15 is 0 Å². The average molecular weight is 320 g/mol. The van der Waals surface area contributed by atoms with Crippen molar-refractivity contribution >= 4 is 11.7 Å². The zero-order chi connectivity index (χ0) is 17.1. The maximum absolute atomic E-state index is 12.7. The Kier molecular flexibility index (Phi) is 4.48. The van der Waals surface area contributed by atoms with Gasteiger partial charge < -0.3 is 9.80 Å². The van der Waals surface area contributed by atoms with Crippen LogP contribution in [0.5, 0.6) is 0 Å². The lowest BCUT2D eigenvalue weighted by atomic mass is 10.1. The minimum absolute atomic E-state index is 0.0688. The van der Waals surface area contributed by atoms with Gasteiger partial charge in [-0.3, -0.25) is 4.79 Å². The molecule has 0 atom stereocenters. The van der Waals surface area contributed by atoms with E-state index in [1.54, 1.807) is 18.3 Å². The topological polar surface area (TPSA) is 60.2 Å². The fourth-order valence-electron chi connectivity index (χ4n) is 2.91. The summed E-state index contributed by atoms with van der Waals surface area (Å²) in [7, 11) is 0. The van der Waals surface area contributed by atoms with E-state index in [4.69, 9.17) is 0 Å². The Balaban J connectivity index is 1.69. The lowest BCUT2D eigenvalue weighted by Crippen LogP contribution is -2.49. The minimum atomic E-state index is 0.0688. The van der Waals surface area contributed by atoms with Crippen LogP contribution in [0.25, 0.3) is 0 Å². The Labute approximate surface area is 142 Å². The van der Waals surface area contributed by atoms with Crippen molar-refractivity contribution in [2.24, 2.45) is 0 Å². The van der Waals surface area contributed by atoms with Crippen LogP contribution in [-0.2, 0) is 0 Å². The molecule has 1 saturated heterocycles. The first kappa shape index (κ1) is 16.0. The molecule has 3 rings (SSSR count). The van der Waals surface area contributed by atoms with Crippen LogP contribution in [0.1, 0.15) is 27.0 Å². The number of carbonyl (C=O) groups is 1. The summed E-state index contributed by atoms with van der Waals surface area (Å²) in [6, 6.07) is 11.6. The van der Waals surface area contributed by atoms with E-state index < -0.39 is 0 Å². The minimum Gasteiger partial charge on any atom is -0.352 e. The number of amides is 1. The molecule has 0 saturated carbocycles. The van der Waals surface area contributed by atoms with Gasteiger partial charge in [-0.05, 0) is 49.2 Å². The van der Waals surface area contributed by atoms with Crippen molar-refractivity contribution in [3.63, 3.8) is 0 Å². The van der Waals surface area contributed by atoms with E-state index in [1.165, 1.54) is 5.56 Å². The molecule has 0 aliphatic carbocycles. The molecule has 1 fully saturated rings. The van der Waals surface area contributed by atoms with Crippen molar-refractivity contribution in [3.05, 3.63) is 58.8 Å². The summed E-state index contributed by atoms with van der Waals surface area (Å²) < 4.78 is 0. The van der Waals surface area contributed by atoms with Gasteiger partial charge in [-0.1, -0.05) is 6.07 Å². The molecule has 122 valence electrons. The molecule has 1 aromatic heterocycles. The molecular formula is C19H20N4O. The van der Waals surface area contributed by atoms with E-state index in [9.17, 15) is 10.1 Å². The number of hydrogen-bond acceptors (Lipinski definition) is 4. The summed E-state index contributed by atoms with van der Waals surface area (Å²) in [6.45, 7) is 6.70. The highest BCUT2D eigenvalue weighted by molar-refractivity contribution is 5.94. The van der Waals surface area contributed by atoms with Crippen LogP contribution < -0.4 is 4.90 Å². The number of carbonyl (C=O) groups excluding carboxylic acids is 1. The van der Waals surface area contributed by atoms with Crippen molar-refractivity contribution in [1.29, 1.82) is 5.26 Å². The Morgan fingerprint density at radius 3 is 2.54 bits per heavy atom. The van der Waals surface area contributed by atoms with Gasteiger partial charge in [0.25, 0.3) is 5.91 Å². The second-order valence-corrected chi connectivity index (χ2v) is 6.06. The molecule has 5 heteroatoms. The van der Waals surface area contributed by atoms with Gasteiger partial charge >= 0.3 is 0 Å². The Morgan fingerprint density at radius 1 is 1.12 bits per heavy atom. The third-order valence-electron chi connectivity index (χ3n) is 4.53. The van der Waals surface area contributed by atoms with E-state index in [1.807, 2.05) is 36.9 Å². The SMILES string of the molecule is Cc1ccc(C(=O)N2CCN(c3ncccc3C#N)CC2)cc1C. The molecule has 0 spiro atoms. The number of nitriles is 1. The summed E-state index contributed by atoms with van der Waals surface area (Å²) in [5.41, 5.74) is 3.63. The van der Waals surface area contributed by atoms with E-state index in [0.29, 0.717) is 37.6 Å². The van der Waals surface area contributed by atoms with Crippen LogP contribution in [0.3, 0.4) is 0 Å². The van der Waals surface area contributed by atoms with Crippen LogP contribution in [0, 0.1) is 25.2 Å². The molecule has 2 aromatic rings. The molecule has 1 amide bonds. The summed E-state index contributed by atoms with van der Waals surface area (Å²) >= 11 is 0. The van der Waals surface area contributed by atoms with Crippen molar-refractivity contribution in [1.82, 2.24) is 9.88 Å². The number of aryl methyl sites for hydroxylation is 2. The normalized spacial score (nSPS) is 14.4. The monoisotopic (exact) mass is 320 g/mol. The zero-order valence-corrected chi connectivity index (χ0v) is 14.0. The molecule has 0 unspecified atom stereocenters. The second-order valence-electron chi connectivity index (χ2n) is 6.06. The smallest absolute Gasteiger partial charge is 0.253 e. The number of nitrogens with zero attached hydrogens (tertiary/aromatic N) is 4. The summed E-state index contributed by atoms with van der Waals surface area (Å²) in [5, 5.41) is 9.21. The molecular weight excluding hydrogens is 300 g/mol. The van der Waals surface area contributed by atoms with Crippen LogP contribution in [0.4, 0.5) is 5.82 Å². The molecule has 2 heterocycles. The highest BCUT2D eigenvalue weighted by Gasteiger charge is 2.24. The van der Waals surface area contributed by atoms with Gasteiger partial charge in [-0.2, -0.15) is 5.26 Å². The van der Waals surface area contributed by atoms with Crippen LogP contribution in [0.15, 0.2) is 36.5 Å². The first-order valence-corrected chi connectivity index (χ1v) is 8.07. The van der Waals surface area contributed by atoms with Crippen LogP contribution in [-0.4, -0.2) is 42.0 Å². The first-order valence-electron chi connectivity index (χ1n) is 8.07. The highest BCUT2D eigenvalue weighted by Crippen LogP contribution is 2.19. The third kappa shape index (κ3) is 3.09. The van der Waals surface area contributed by atoms with Gasteiger partial charge in [0.15, 0.2) is 0 Å².